The van der Waals surface area contributed by atoms with Gasteiger partial charge in [0.05, 0.1) is 16.7 Å². The van der Waals surface area contributed by atoms with E-state index in [1.54, 1.807) is 61.5 Å². The van der Waals surface area contributed by atoms with Crippen LogP contribution in [0, 0.1) is 6.92 Å². The number of carbonyl (C=O) groups excluding carboxylic acids is 1. The van der Waals surface area contributed by atoms with E-state index in [-0.39, 0.29) is 16.9 Å². The lowest BCUT2D eigenvalue weighted by atomic mass is 10.1. The topological polar surface area (TPSA) is 84.5 Å². The molecule has 30 heavy (non-hydrogen) atoms. The number of benzene rings is 3. The fourth-order valence-electron chi connectivity index (χ4n) is 2.85. The third-order valence-electron chi connectivity index (χ3n) is 4.25. The van der Waals surface area contributed by atoms with Crippen LogP contribution in [0.4, 0.5) is 11.4 Å². The molecule has 0 aliphatic rings. The monoisotopic (exact) mass is 424 g/mol. The fraction of sp³-hybridized carbons (Fsp3) is 0.174. The van der Waals surface area contributed by atoms with Crippen LogP contribution in [0.5, 0.6) is 5.75 Å². The van der Waals surface area contributed by atoms with Gasteiger partial charge in [0.1, 0.15) is 5.75 Å². The molecular formula is C23H24N2O4S. The lowest BCUT2D eigenvalue weighted by Crippen LogP contribution is -2.15. The van der Waals surface area contributed by atoms with Crippen LogP contribution in [0.3, 0.4) is 0 Å². The molecular weight excluding hydrogens is 400 g/mol. The Morgan fingerprint density at radius 3 is 2.33 bits per heavy atom. The van der Waals surface area contributed by atoms with Gasteiger partial charge in [0, 0.05) is 17.3 Å². The van der Waals surface area contributed by atoms with Crippen LogP contribution in [0.1, 0.15) is 29.8 Å². The number of hydrogen-bond donors (Lipinski definition) is 2. The Bertz CT molecular complexity index is 1140. The Balaban J connectivity index is 1.74. The SMILES string of the molecule is Cc1cc(C(=O)Nc2cccc(OC(C)C)c2)ccc1NS(=O)(=O)c1ccccc1. The standard InChI is InChI=1S/C23H24N2O4S/c1-16(2)29-20-9-7-8-19(15-20)24-23(26)18-12-13-22(17(3)14-18)25-30(27,28)21-10-5-4-6-11-21/h4-16,25H,1-3H3,(H,24,26). The van der Waals surface area contributed by atoms with E-state index in [0.717, 1.165) is 0 Å². The maximum absolute atomic E-state index is 12.6. The zero-order valence-electron chi connectivity index (χ0n) is 17.0. The Labute approximate surface area is 177 Å². The van der Waals surface area contributed by atoms with Gasteiger partial charge in [-0.3, -0.25) is 9.52 Å². The number of carbonyl (C=O) groups is 1. The molecule has 3 aromatic rings. The summed E-state index contributed by atoms with van der Waals surface area (Å²) in [6.45, 7) is 5.61. The third-order valence-corrected chi connectivity index (χ3v) is 5.63. The lowest BCUT2D eigenvalue weighted by molar-refractivity contribution is 0.102. The van der Waals surface area contributed by atoms with Crippen LogP contribution in [0.15, 0.2) is 77.7 Å². The van der Waals surface area contributed by atoms with Gasteiger partial charge in [-0.15, -0.1) is 0 Å². The molecule has 3 rings (SSSR count). The molecule has 0 aromatic heterocycles. The first-order chi connectivity index (χ1) is 14.2. The van der Waals surface area contributed by atoms with Crippen LogP contribution in [0.2, 0.25) is 0 Å². The first kappa shape index (κ1) is 21.4. The Kier molecular flexibility index (Phi) is 6.42. The second kappa shape index (κ2) is 9.00. The van der Waals surface area contributed by atoms with Gasteiger partial charge in [0.2, 0.25) is 0 Å². The fourth-order valence-corrected chi connectivity index (χ4v) is 4.00. The molecule has 0 atom stereocenters. The van der Waals surface area contributed by atoms with Crippen LogP contribution in [-0.4, -0.2) is 20.4 Å². The quantitative estimate of drug-likeness (QED) is 0.569. The predicted octanol–water partition coefficient (Wildman–Crippen LogP) is 4.84. The molecule has 156 valence electrons. The Morgan fingerprint density at radius 1 is 0.933 bits per heavy atom. The van der Waals surface area contributed by atoms with Gasteiger partial charge in [0.25, 0.3) is 15.9 Å². The molecule has 0 spiro atoms. The maximum Gasteiger partial charge on any atom is 0.261 e. The number of rotatable bonds is 7. The van der Waals surface area contributed by atoms with E-state index >= 15 is 0 Å². The maximum atomic E-state index is 12.6. The van der Waals surface area contributed by atoms with Crippen molar-refractivity contribution in [2.75, 3.05) is 10.0 Å². The van der Waals surface area contributed by atoms with E-state index in [0.29, 0.717) is 28.3 Å². The van der Waals surface area contributed by atoms with E-state index in [1.165, 1.54) is 12.1 Å². The summed E-state index contributed by atoms with van der Waals surface area (Å²) in [5.41, 5.74) is 2.09. The summed E-state index contributed by atoms with van der Waals surface area (Å²) in [6, 6.07) is 20.1. The molecule has 3 aromatic carbocycles. The van der Waals surface area contributed by atoms with Crippen molar-refractivity contribution in [2.45, 2.75) is 31.8 Å². The van der Waals surface area contributed by atoms with Crippen molar-refractivity contribution < 1.29 is 17.9 Å². The molecule has 0 saturated heterocycles. The first-order valence-electron chi connectivity index (χ1n) is 9.51. The highest BCUT2D eigenvalue weighted by molar-refractivity contribution is 7.92. The van der Waals surface area contributed by atoms with E-state index in [9.17, 15) is 13.2 Å². The molecule has 0 saturated carbocycles. The normalized spacial score (nSPS) is 11.2. The highest BCUT2D eigenvalue weighted by atomic mass is 32.2. The molecule has 7 heteroatoms. The number of ether oxygens (including phenoxy) is 1. The number of nitrogens with one attached hydrogen (secondary N) is 2. The summed E-state index contributed by atoms with van der Waals surface area (Å²) < 4.78 is 33.3. The van der Waals surface area contributed by atoms with E-state index in [1.807, 2.05) is 19.9 Å². The molecule has 1 amide bonds. The molecule has 0 bridgehead atoms. The summed E-state index contributed by atoms with van der Waals surface area (Å²) in [6.07, 6.45) is 0.0332. The van der Waals surface area contributed by atoms with Gasteiger partial charge in [-0.05, 0) is 68.8 Å². The van der Waals surface area contributed by atoms with Crippen molar-refractivity contribution >= 4 is 27.3 Å². The summed E-state index contributed by atoms with van der Waals surface area (Å²) in [4.78, 5) is 12.8. The Morgan fingerprint density at radius 2 is 1.67 bits per heavy atom. The Hall–Kier alpha value is -3.32. The smallest absolute Gasteiger partial charge is 0.261 e. The number of aryl methyl sites for hydroxylation is 1. The molecule has 0 fully saturated rings. The second-order valence-electron chi connectivity index (χ2n) is 7.10. The van der Waals surface area contributed by atoms with Crippen molar-refractivity contribution in [1.29, 1.82) is 0 Å². The lowest BCUT2D eigenvalue weighted by Gasteiger charge is -2.13. The van der Waals surface area contributed by atoms with Crippen molar-refractivity contribution in [3.8, 4) is 5.75 Å². The second-order valence-corrected chi connectivity index (χ2v) is 8.78. The number of hydrogen-bond acceptors (Lipinski definition) is 4. The average molecular weight is 425 g/mol. The highest BCUT2D eigenvalue weighted by Crippen LogP contribution is 2.23. The summed E-state index contributed by atoms with van der Waals surface area (Å²) in [5.74, 6) is 0.377. The predicted molar refractivity (Wildman–Crippen MR) is 119 cm³/mol. The number of anilines is 2. The van der Waals surface area contributed by atoms with Crippen LogP contribution >= 0.6 is 0 Å². The largest absolute Gasteiger partial charge is 0.491 e. The molecule has 0 aliphatic heterocycles. The van der Waals surface area contributed by atoms with Crippen molar-refractivity contribution in [3.05, 3.63) is 83.9 Å². The minimum absolute atomic E-state index is 0.0332. The zero-order valence-corrected chi connectivity index (χ0v) is 17.9. The van der Waals surface area contributed by atoms with Gasteiger partial charge < -0.3 is 10.1 Å². The van der Waals surface area contributed by atoms with Gasteiger partial charge in [-0.1, -0.05) is 24.3 Å². The van der Waals surface area contributed by atoms with Crippen LogP contribution in [0.25, 0.3) is 0 Å². The summed E-state index contributed by atoms with van der Waals surface area (Å²) in [7, 11) is -3.70. The average Bonchev–Trinajstić information content (AvgIpc) is 2.70. The minimum Gasteiger partial charge on any atom is -0.491 e. The van der Waals surface area contributed by atoms with Gasteiger partial charge in [0.15, 0.2) is 0 Å². The first-order valence-corrected chi connectivity index (χ1v) is 11.0. The number of sulfonamides is 1. The molecule has 0 aliphatic carbocycles. The van der Waals surface area contributed by atoms with Crippen LogP contribution < -0.4 is 14.8 Å². The van der Waals surface area contributed by atoms with Crippen molar-refractivity contribution in [1.82, 2.24) is 0 Å². The highest BCUT2D eigenvalue weighted by Gasteiger charge is 2.16. The zero-order chi connectivity index (χ0) is 21.7. The molecule has 2 N–H and O–H groups in total. The van der Waals surface area contributed by atoms with Gasteiger partial charge in [-0.25, -0.2) is 8.42 Å². The summed E-state index contributed by atoms with van der Waals surface area (Å²) in [5, 5.41) is 2.84. The van der Waals surface area contributed by atoms with E-state index < -0.39 is 10.0 Å². The van der Waals surface area contributed by atoms with Gasteiger partial charge in [-0.2, -0.15) is 0 Å². The van der Waals surface area contributed by atoms with Gasteiger partial charge >= 0.3 is 0 Å². The molecule has 0 heterocycles. The summed E-state index contributed by atoms with van der Waals surface area (Å²) >= 11 is 0. The van der Waals surface area contributed by atoms with Crippen LogP contribution in [-0.2, 0) is 10.0 Å². The van der Waals surface area contributed by atoms with Crippen molar-refractivity contribution in [3.63, 3.8) is 0 Å². The van der Waals surface area contributed by atoms with E-state index in [2.05, 4.69) is 10.0 Å². The molecule has 6 nitrogen and oxygen atoms in total. The minimum atomic E-state index is -3.70. The van der Waals surface area contributed by atoms with Crippen molar-refractivity contribution in [2.24, 2.45) is 0 Å². The third kappa shape index (κ3) is 5.39. The van der Waals surface area contributed by atoms with E-state index in [4.69, 9.17) is 4.74 Å². The molecule has 0 radical (unpaired) electrons. The molecule has 0 unspecified atom stereocenters. The number of amides is 1.